The number of aromatic nitrogens is 2. The largest absolute Gasteiger partial charge is 0.368 e. The molecule has 0 saturated carbocycles. The molecule has 1 amide bonds. The van der Waals surface area contributed by atoms with Crippen molar-refractivity contribution in [2.24, 2.45) is 5.73 Å². The summed E-state index contributed by atoms with van der Waals surface area (Å²) >= 11 is 5.74. The van der Waals surface area contributed by atoms with Gasteiger partial charge in [-0.3, -0.25) is 9.48 Å². The maximum Gasteiger partial charge on any atom is 0.242 e. The lowest BCUT2D eigenvalue weighted by Gasteiger charge is -2.09. The van der Waals surface area contributed by atoms with Crippen LogP contribution in [-0.2, 0) is 4.79 Å². The average Bonchev–Trinajstić information content (AvgIpc) is 2.32. The number of carbonyl (C=O) groups is 1. The van der Waals surface area contributed by atoms with E-state index in [1.165, 1.54) is 10.9 Å². The molecule has 1 heterocycles. The fourth-order valence-electron chi connectivity index (χ4n) is 0.913. The summed E-state index contributed by atoms with van der Waals surface area (Å²) in [6, 6.07) is -0.447. The maximum atomic E-state index is 10.8. The predicted octanol–water partition coefficient (Wildman–Crippen LogP) is 0.891. The zero-order valence-corrected chi connectivity index (χ0v) is 7.67. The van der Waals surface area contributed by atoms with Gasteiger partial charge >= 0.3 is 0 Å². The van der Waals surface area contributed by atoms with Gasteiger partial charge in [-0.2, -0.15) is 5.10 Å². The van der Waals surface area contributed by atoms with Crippen LogP contribution in [0.25, 0.3) is 0 Å². The van der Waals surface area contributed by atoms with E-state index in [4.69, 9.17) is 17.3 Å². The minimum absolute atomic E-state index is 0.419. The van der Waals surface area contributed by atoms with Crippen LogP contribution in [0, 0.1) is 6.92 Å². The van der Waals surface area contributed by atoms with Gasteiger partial charge in [0.05, 0.1) is 16.9 Å². The van der Waals surface area contributed by atoms with Crippen molar-refractivity contribution in [1.29, 1.82) is 0 Å². The first-order chi connectivity index (χ1) is 5.54. The van der Waals surface area contributed by atoms with Gasteiger partial charge in [-0.05, 0) is 13.8 Å². The van der Waals surface area contributed by atoms with Crippen LogP contribution in [0.1, 0.15) is 18.7 Å². The third-order valence-electron chi connectivity index (χ3n) is 1.76. The van der Waals surface area contributed by atoms with Crippen LogP contribution >= 0.6 is 11.6 Å². The standard InChI is InChI=1S/C7H10ClN3O/c1-4-6(8)3-10-11(4)5(2)7(9)12/h3,5H,1-2H3,(H2,9,12)/t5-/m0/s1. The number of amides is 1. The third kappa shape index (κ3) is 1.43. The Morgan fingerprint density at radius 3 is 2.75 bits per heavy atom. The molecule has 0 aliphatic carbocycles. The highest BCUT2D eigenvalue weighted by Gasteiger charge is 2.14. The van der Waals surface area contributed by atoms with Gasteiger partial charge in [0.25, 0.3) is 0 Å². The van der Waals surface area contributed by atoms with Gasteiger partial charge in [0.1, 0.15) is 6.04 Å². The second kappa shape index (κ2) is 3.15. The highest BCUT2D eigenvalue weighted by Crippen LogP contribution is 2.16. The topological polar surface area (TPSA) is 60.9 Å². The van der Waals surface area contributed by atoms with E-state index in [0.29, 0.717) is 5.02 Å². The highest BCUT2D eigenvalue weighted by molar-refractivity contribution is 6.31. The van der Waals surface area contributed by atoms with Crippen molar-refractivity contribution in [3.05, 3.63) is 16.9 Å². The molecule has 0 aromatic carbocycles. The van der Waals surface area contributed by atoms with E-state index in [0.717, 1.165) is 5.69 Å². The number of hydrogen-bond acceptors (Lipinski definition) is 2. The Morgan fingerprint density at radius 1 is 1.83 bits per heavy atom. The number of hydrogen-bond donors (Lipinski definition) is 1. The first-order valence-electron chi connectivity index (χ1n) is 3.53. The van der Waals surface area contributed by atoms with E-state index in [9.17, 15) is 4.79 Å². The molecule has 0 bridgehead atoms. The fraction of sp³-hybridized carbons (Fsp3) is 0.429. The lowest BCUT2D eigenvalue weighted by Crippen LogP contribution is -2.25. The van der Waals surface area contributed by atoms with Gasteiger partial charge < -0.3 is 5.73 Å². The Kier molecular flexibility index (Phi) is 2.38. The van der Waals surface area contributed by atoms with Crippen LogP contribution in [0.3, 0.4) is 0 Å². The molecule has 1 aromatic rings. The first kappa shape index (κ1) is 9.06. The number of carbonyl (C=O) groups excluding carboxylic acids is 1. The predicted molar refractivity (Wildman–Crippen MR) is 45.9 cm³/mol. The van der Waals surface area contributed by atoms with Crippen molar-refractivity contribution in [3.63, 3.8) is 0 Å². The molecule has 0 aliphatic heterocycles. The number of rotatable bonds is 2. The summed E-state index contributed by atoms with van der Waals surface area (Å²) in [6.07, 6.45) is 1.50. The van der Waals surface area contributed by atoms with E-state index in [2.05, 4.69) is 5.10 Å². The summed E-state index contributed by atoms with van der Waals surface area (Å²) in [5.41, 5.74) is 5.86. The van der Waals surface area contributed by atoms with Crippen LogP contribution in [0.2, 0.25) is 5.02 Å². The number of nitrogens with two attached hydrogens (primary N) is 1. The van der Waals surface area contributed by atoms with E-state index in [-0.39, 0.29) is 0 Å². The van der Waals surface area contributed by atoms with Gasteiger partial charge in [-0.25, -0.2) is 0 Å². The summed E-state index contributed by atoms with van der Waals surface area (Å²) in [5, 5.41) is 4.46. The van der Waals surface area contributed by atoms with Gasteiger partial charge in [-0.1, -0.05) is 11.6 Å². The van der Waals surface area contributed by atoms with Gasteiger partial charge in [-0.15, -0.1) is 0 Å². The van der Waals surface area contributed by atoms with E-state index >= 15 is 0 Å². The number of halogens is 1. The average molecular weight is 188 g/mol. The van der Waals surface area contributed by atoms with Crippen LogP contribution in [-0.4, -0.2) is 15.7 Å². The minimum atomic E-state index is -0.447. The molecule has 5 heteroatoms. The Morgan fingerprint density at radius 2 is 2.42 bits per heavy atom. The Hall–Kier alpha value is -1.03. The Labute approximate surface area is 75.3 Å². The lowest BCUT2D eigenvalue weighted by molar-refractivity contribution is -0.121. The van der Waals surface area contributed by atoms with E-state index in [1.54, 1.807) is 13.8 Å². The summed E-state index contributed by atoms with van der Waals surface area (Å²) in [4.78, 5) is 10.8. The molecular weight excluding hydrogens is 178 g/mol. The van der Waals surface area contributed by atoms with Crippen molar-refractivity contribution in [1.82, 2.24) is 9.78 Å². The molecule has 1 aromatic heterocycles. The molecule has 1 rings (SSSR count). The SMILES string of the molecule is Cc1c(Cl)cnn1[C@@H](C)C(N)=O. The molecule has 0 saturated heterocycles. The molecule has 2 N–H and O–H groups in total. The maximum absolute atomic E-state index is 10.8. The van der Waals surface area contributed by atoms with E-state index in [1.807, 2.05) is 0 Å². The molecule has 12 heavy (non-hydrogen) atoms. The number of nitrogens with zero attached hydrogens (tertiary/aromatic N) is 2. The molecule has 4 nitrogen and oxygen atoms in total. The van der Waals surface area contributed by atoms with Crippen molar-refractivity contribution in [2.45, 2.75) is 19.9 Å². The zero-order valence-electron chi connectivity index (χ0n) is 6.91. The quantitative estimate of drug-likeness (QED) is 0.748. The normalized spacial score (nSPS) is 12.9. The molecule has 66 valence electrons. The van der Waals surface area contributed by atoms with Gasteiger partial charge in [0.2, 0.25) is 5.91 Å². The van der Waals surface area contributed by atoms with Crippen LogP contribution < -0.4 is 5.73 Å². The Balaban J connectivity index is 3.03. The van der Waals surface area contributed by atoms with Crippen molar-refractivity contribution in [3.8, 4) is 0 Å². The van der Waals surface area contributed by atoms with Gasteiger partial charge in [0, 0.05) is 0 Å². The minimum Gasteiger partial charge on any atom is -0.368 e. The summed E-state index contributed by atoms with van der Waals surface area (Å²) in [5.74, 6) is -0.419. The lowest BCUT2D eigenvalue weighted by atomic mass is 10.3. The molecule has 0 aliphatic rings. The summed E-state index contributed by atoms with van der Waals surface area (Å²) in [6.45, 7) is 3.47. The van der Waals surface area contributed by atoms with Crippen molar-refractivity contribution >= 4 is 17.5 Å². The second-order valence-corrected chi connectivity index (χ2v) is 3.01. The molecule has 1 atom stereocenters. The highest BCUT2D eigenvalue weighted by atomic mass is 35.5. The van der Waals surface area contributed by atoms with Gasteiger partial charge in [0.15, 0.2) is 0 Å². The van der Waals surface area contributed by atoms with Crippen molar-refractivity contribution < 1.29 is 4.79 Å². The summed E-state index contributed by atoms with van der Waals surface area (Å²) in [7, 11) is 0. The summed E-state index contributed by atoms with van der Waals surface area (Å²) < 4.78 is 1.50. The molecule has 0 radical (unpaired) electrons. The molecular formula is C7H10ClN3O. The fourth-order valence-corrected chi connectivity index (χ4v) is 1.04. The van der Waals surface area contributed by atoms with E-state index < -0.39 is 11.9 Å². The third-order valence-corrected chi connectivity index (χ3v) is 2.13. The smallest absolute Gasteiger partial charge is 0.242 e. The first-order valence-corrected chi connectivity index (χ1v) is 3.90. The molecule has 0 fully saturated rings. The van der Waals surface area contributed by atoms with Crippen LogP contribution in [0.4, 0.5) is 0 Å². The van der Waals surface area contributed by atoms with Crippen molar-refractivity contribution in [2.75, 3.05) is 0 Å². The van der Waals surface area contributed by atoms with Crippen LogP contribution in [0.15, 0.2) is 6.20 Å². The number of primary amides is 1. The Bertz CT molecular complexity index is 308. The molecule has 0 spiro atoms. The zero-order chi connectivity index (χ0) is 9.30. The monoisotopic (exact) mass is 187 g/mol. The molecule has 0 unspecified atom stereocenters. The second-order valence-electron chi connectivity index (χ2n) is 2.60. The van der Waals surface area contributed by atoms with Crippen LogP contribution in [0.5, 0.6) is 0 Å².